The molecule has 0 radical (unpaired) electrons. The maximum absolute atomic E-state index is 12.6. The summed E-state index contributed by atoms with van der Waals surface area (Å²) in [6.45, 7) is 5.00. The summed E-state index contributed by atoms with van der Waals surface area (Å²) < 4.78 is 30.4. The third-order valence-electron chi connectivity index (χ3n) is 4.32. The van der Waals surface area contributed by atoms with Crippen LogP contribution in [0.2, 0.25) is 0 Å². The number of methoxy groups -OCH3 is 1. The maximum Gasteiger partial charge on any atom is 0.338 e. The van der Waals surface area contributed by atoms with Crippen LogP contribution in [0.25, 0.3) is 0 Å². The van der Waals surface area contributed by atoms with Gasteiger partial charge in [-0.05, 0) is 50.1 Å². The molecule has 0 saturated carbocycles. The molecule has 0 bridgehead atoms. The Morgan fingerprint density at radius 3 is 2.36 bits per heavy atom. The number of hydrogen-bond acceptors (Lipinski definition) is 5. The van der Waals surface area contributed by atoms with Gasteiger partial charge in [-0.3, -0.25) is 9.10 Å². The van der Waals surface area contributed by atoms with Gasteiger partial charge in [-0.15, -0.1) is 0 Å². The van der Waals surface area contributed by atoms with Crippen molar-refractivity contribution >= 4 is 33.3 Å². The first-order valence-electron chi connectivity index (χ1n) is 8.57. The van der Waals surface area contributed by atoms with Crippen LogP contribution in [0, 0.1) is 20.8 Å². The minimum absolute atomic E-state index is 0.328. The first kappa shape index (κ1) is 21.4. The highest BCUT2D eigenvalue weighted by Gasteiger charge is 2.23. The van der Waals surface area contributed by atoms with Gasteiger partial charge in [-0.25, -0.2) is 13.2 Å². The number of hydrogen-bond donors (Lipinski definition) is 1. The number of anilines is 2. The fraction of sp³-hybridized carbons (Fsp3) is 0.300. The van der Waals surface area contributed by atoms with Crippen molar-refractivity contribution in [2.24, 2.45) is 0 Å². The number of ether oxygens (including phenoxy) is 1. The van der Waals surface area contributed by atoms with Crippen LogP contribution < -0.4 is 9.62 Å². The van der Waals surface area contributed by atoms with Gasteiger partial charge >= 0.3 is 5.97 Å². The molecular weight excluding hydrogens is 380 g/mol. The molecule has 0 spiro atoms. The standard InChI is InChI=1S/C20H24N2O5S/c1-13-9-10-18(14(2)11-13)22(28(5,25)26)12-19(23)21-17-8-6-7-16(15(17)3)20(24)27-4/h6-11H,12H2,1-5H3,(H,21,23). The summed E-state index contributed by atoms with van der Waals surface area (Å²) in [4.78, 5) is 24.4. The van der Waals surface area contributed by atoms with Crippen LogP contribution in [-0.2, 0) is 19.6 Å². The summed E-state index contributed by atoms with van der Waals surface area (Å²) in [5.41, 5.74) is 3.48. The van der Waals surface area contributed by atoms with Gasteiger partial charge in [0.2, 0.25) is 15.9 Å². The van der Waals surface area contributed by atoms with Crippen LogP contribution in [0.3, 0.4) is 0 Å². The number of sulfonamides is 1. The molecule has 2 aromatic rings. The zero-order valence-corrected chi connectivity index (χ0v) is 17.4. The lowest BCUT2D eigenvalue weighted by Crippen LogP contribution is -2.38. The summed E-state index contributed by atoms with van der Waals surface area (Å²) in [6.07, 6.45) is 1.06. The molecule has 7 nitrogen and oxygen atoms in total. The number of rotatable bonds is 6. The lowest BCUT2D eigenvalue weighted by atomic mass is 10.1. The Kier molecular flexibility index (Phi) is 6.45. The van der Waals surface area contributed by atoms with E-state index >= 15 is 0 Å². The minimum atomic E-state index is -3.68. The van der Waals surface area contributed by atoms with Gasteiger partial charge in [-0.2, -0.15) is 0 Å². The molecule has 0 saturated heterocycles. The normalized spacial score (nSPS) is 11.0. The van der Waals surface area contributed by atoms with Crippen LogP contribution in [0.15, 0.2) is 36.4 Å². The topological polar surface area (TPSA) is 92.8 Å². The van der Waals surface area contributed by atoms with E-state index in [0.29, 0.717) is 22.5 Å². The molecule has 0 fully saturated rings. The number of nitrogens with one attached hydrogen (secondary N) is 1. The van der Waals surface area contributed by atoms with E-state index in [4.69, 9.17) is 4.74 Å². The first-order chi connectivity index (χ1) is 13.0. The van der Waals surface area contributed by atoms with E-state index in [1.165, 1.54) is 7.11 Å². The molecule has 1 amide bonds. The number of esters is 1. The van der Waals surface area contributed by atoms with E-state index < -0.39 is 21.9 Å². The highest BCUT2D eigenvalue weighted by molar-refractivity contribution is 7.92. The van der Waals surface area contributed by atoms with Gasteiger partial charge in [0, 0.05) is 5.69 Å². The number of benzene rings is 2. The Morgan fingerprint density at radius 1 is 1.11 bits per heavy atom. The molecule has 0 aliphatic heterocycles. The van der Waals surface area contributed by atoms with Crippen LogP contribution in [0.4, 0.5) is 11.4 Å². The van der Waals surface area contributed by atoms with Crippen molar-refractivity contribution in [3.8, 4) is 0 Å². The molecule has 8 heteroatoms. The summed E-state index contributed by atoms with van der Waals surface area (Å²) in [5, 5.41) is 2.68. The maximum atomic E-state index is 12.6. The Balaban J connectivity index is 2.30. The molecule has 28 heavy (non-hydrogen) atoms. The lowest BCUT2D eigenvalue weighted by Gasteiger charge is -2.24. The lowest BCUT2D eigenvalue weighted by molar-refractivity contribution is -0.114. The van der Waals surface area contributed by atoms with E-state index in [-0.39, 0.29) is 6.54 Å². The summed E-state index contributed by atoms with van der Waals surface area (Å²) in [6, 6.07) is 10.2. The molecule has 0 heterocycles. The van der Waals surface area contributed by atoms with Crippen LogP contribution in [-0.4, -0.2) is 40.2 Å². The Labute approximate surface area is 165 Å². The van der Waals surface area contributed by atoms with Gasteiger partial charge in [0.25, 0.3) is 0 Å². The van der Waals surface area contributed by atoms with Gasteiger partial charge in [0.15, 0.2) is 0 Å². The fourth-order valence-corrected chi connectivity index (χ4v) is 3.80. The zero-order chi connectivity index (χ0) is 21.1. The quantitative estimate of drug-likeness (QED) is 0.748. The summed E-state index contributed by atoms with van der Waals surface area (Å²) in [7, 11) is -2.40. The zero-order valence-electron chi connectivity index (χ0n) is 16.6. The van der Waals surface area contributed by atoms with Gasteiger partial charge < -0.3 is 10.1 Å². The van der Waals surface area contributed by atoms with Gasteiger partial charge in [0.05, 0.1) is 24.6 Å². The Bertz CT molecular complexity index is 1020. The van der Waals surface area contributed by atoms with E-state index in [0.717, 1.165) is 21.7 Å². The summed E-state index contributed by atoms with van der Waals surface area (Å²) in [5.74, 6) is -1.03. The second-order valence-electron chi connectivity index (χ2n) is 6.58. The van der Waals surface area contributed by atoms with Crippen LogP contribution >= 0.6 is 0 Å². The van der Waals surface area contributed by atoms with Crippen molar-refractivity contribution in [1.82, 2.24) is 0 Å². The van der Waals surface area contributed by atoms with E-state index in [2.05, 4.69) is 5.32 Å². The molecular formula is C20H24N2O5S. The summed E-state index contributed by atoms with van der Waals surface area (Å²) >= 11 is 0. The van der Waals surface area contributed by atoms with Crippen molar-refractivity contribution in [1.29, 1.82) is 0 Å². The highest BCUT2D eigenvalue weighted by Crippen LogP contribution is 2.24. The minimum Gasteiger partial charge on any atom is -0.465 e. The largest absolute Gasteiger partial charge is 0.465 e. The van der Waals surface area contributed by atoms with Crippen molar-refractivity contribution in [3.63, 3.8) is 0 Å². The van der Waals surface area contributed by atoms with Crippen LogP contribution in [0.5, 0.6) is 0 Å². The monoisotopic (exact) mass is 404 g/mol. The van der Waals surface area contributed by atoms with Crippen LogP contribution in [0.1, 0.15) is 27.0 Å². The molecule has 0 unspecified atom stereocenters. The Morgan fingerprint density at radius 2 is 1.79 bits per heavy atom. The van der Waals surface area contributed by atoms with E-state index in [9.17, 15) is 18.0 Å². The molecule has 150 valence electrons. The van der Waals surface area contributed by atoms with E-state index in [1.54, 1.807) is 44.2 Å². The number of nitrogens with zero attached hydrogens (tertiary/aromatic N) is 1. The molecule has 0 aliphatic rings. The molecule has 1 N–H and O–H groups in total. The number of aryl methyl sites for hydroxylation is 2. The van der Waals surface area contributed by atoms with Gasteiger partial charge in [-0.1, -0.05) is 23.8 Å². The number of carbonyl (C=O) groups is 2. The smallest absolute Gasteiger partial charge is 0.338 e. The third-order valence-corrected chi connectivity index (χ3v) is 5.45. The fourth-order valence-electron chi connectivity index (χ4n) is 2.89. The average molecular weight is 404 g/mol. The van der Waals surface area contributed by atoms with Crippen molar-refractivity contribution in [2.75, 3.05) is 29.5 Å². The predicted octanol–water partition coefficient (Wildman–Crippen LogP) is 2.80. The second-order valence-corrected chi connectivity index (χ2v) is 8.48. The number of carbonyl (C=O) groups excluding carboxylic acids is 2. The second kappa shape index (κ2) is 8.43. The van der Waals surface area contributed by atoms with Crippen molar-refractivity contribution in [2.45, 2.75) is 20.8 Å². The highest BCUT2D eigenvalue weighted by atomic mass is 32.2. The molecule has 2 rings (SSSR count). The third kappa shape index (κ3) is 4.89. The predicted molar refractivity (Wildman–Crippen MR) is 109 cm³/mol. The first-order valence-corrected chi connectivity index (χ1v) is 10.4. The van der Waals surface area contributed by atoms with Crippen molar-refractivity contribution < 1.29 is 22.7 Å². The SMILES string of the molecule is COC(=O)c1cccc(NC(=O)CN(c2ccc(C)cc2C)S(C)(=O)=O)c1C. The molecule has 0 aromatic heterocycles. The molecule has 0 atom stereocenters. The Hall–Kier alpha value is -2.87. The van der Waals surface area contributed by atoms with Crippen molar-refractivity contribution in [3.05, 3.63) is 58.7 Å². The average Bonchev–Trinajstić information content (AvgIpc) is 2.60. The molecule has 2 aromatic carbocycles. The number of amides is 1. The van der Waals surface area contributed by atoms with E-state index in [1.807, 2.05) is 13.0 Å². The van der Waals surface area contributed by atoms with Gasteiger partial charge in [0.1, 0.15) is 6.54 Å². The molecule has 0 aliphatic carbocycles.